The van der Waals surface area contributed by atoms with E-state index in [0.717, 1.165) is 29.5 Å². The Hall–Kier alpha value is -2.73. The van der Waals surface area contributed by atoms with E-state index in [2.05, 4.69) is 4.98 Å². The van der Waals surface area contributed by atoms with Crippen molar-refractivity contribution in [2.75, 3.05) is 13.1 Å². The van der Waals surface area contributed by atoms with E-state index < -0.39 is 12.1 Å². The average molecular weight is 380 g/mol. The normalized spacial score (nSPS) is 15.5. The van der Waals surface area contributed by atoms with E-state index in [-0.39, 0.29) is 5.91 Å². The average Bonchev–Trinajstić information content (AvgIpc) is 3.20. The summed E-state index contributed by atoms with van der Waals surface area (Å²) >= 11 is 1.47. The molecule has 0 unspecified atom stereocenters. The molecule has 0 bridgehead atoms. The number of ether oxygens (including phenoxy) is 1. The summed E-state index contributed by atoms with van der Waals surface area (Å²) in [6.07, 6.45) is 2.19. The molecule has 0 aliphatic carbocycles. The fourth-order valence-corrected chi connectivity index (χ4v) is 4.04. The fourth-order valence-electron chi connectivity index (χ4n) is 3.33. The number of nitrogens with zero attached hydrogens (tertiary/aromatic N) is 2. The molecule has 0 spiro atoms. The van der Waals surface area contributed by atoms with Crippen LogP contribution in [0.1, 0.15) is 41.3 Å². The molecule has 4 rings (SSSR count). The number of hydrogen-bond donors (Lipinski definition) is 0. The van der Waals surface area contributed by atoms with Gasteiger partial charge in [0.05, 0.1) is 21.3 Å². The van der Waals surface area contributed by atoms with Gasteiger partial charge in [0.2, 0.25) is 6.10 Å². The van der Waals surface area contributed by atoms with Gasteiger partial charge in [0, 0.05) is 18.7 Å². The third kappa shape index (κ3) is 3.85. The lowest BCUT2D eigenvalue weighted by molar-refractivity contribution is -0.142. The van der Waals surface area contributed by atoms with Gasteiger partial charge in [-0.05, 0) is 37.5 Å². The summed E-state index contributed by atoms with van der Waals surface area (Å²) in [7, 11) is 0. The van der Waals surface area contributed by atoms with Crippen molar-refractivity contribution < 1.29 is 14.3 Å². The van der Waals surface area contributed by atoms with Gasteiger partial charge >= 0.3 is 5.97 Å². The van der Waals surface area contributed by atoms with E-state index in [4.69, 9.17) is 4.74 Å². The van der Waals surface area contributed by atoms with Crippen molar-refractivity contribution in [3.63, 3.8) is 0 Å². The number of esters is 1. The molecule has 1 aliphatic rings. The molecule has 0 saturated carbocycles. The monoisotopic (exact) mass is 380 g/mol. The van der Waals surface area contributed by atoms with Crippen molar-refractivity contribution in [1.29, 1.82) is 0 Å². The van der Waals surface area contributed by atoms with Crippen molar-refractivity contribution >= 4 is 33.4 Å². The number of aromatic nitrogens is 1. The largest absolute Gasteiger partial charge is 0.444 e. The summed E-state index contributed by atoms with van der Waals surface area (Å²) in [5.74, 6) is -0.641. The van der Waals surface area contributed by atoms with Crippen molar-refractivity contribution in [3.05, 3.63) is 65.2 Å². The first-order valence-corrected chi connectivity index (χ1v) is 9.98. The van der Waals surface area contributed by atoms with Gasteiger partial charge in [-0.25, -0.2) is 9.78 Å². The van der Waals surface area contributed by atoms with Gasteiger partial charge in [-0.15, -0.1) is 11.3 Å². The SMILES string of the molecule is O=C(O[C@@H](C(=O)N1CCCCC1)c1ccccc1)c1ccc2ncsc2c1. The van der Waals surface area contributed by atoms with E-state index in [1.165, 1.54) is 11.3 Å². The van der Waals surface area contributed by atoms with E-state index >= 15 is 0 Å². The zero-order valence-electron chi connectivity index (χ0n) is 14.8. The van der Waals surface area contributed by atoms with Gasteiger partial charge in [-0.3, -0.25) is 4.79 Å². The number of carbonyl (C=O) groups is 2. The third-order valence-corrected chi connectivity index (χ3v) is 5.58. The maximum atomic E-state index is 13.1. The zero-order chi connectivity index (χ0) is 18.6. The van der Waals surface area contributed by atoms with Crippen LogP contribution in [0.2, 0.25) is 0 Å². The van der Waals surface area contributed by atoms with Crippen LogP contribution in [0.25, 0.3) is 10.2 Å². The molecule has 1 fully saturated rings. The highest BCUT2D eigenvalue weighted by Gasteiger charge is 2.30. The number of piperidine rings is 1. The highest BCUT2D eigenvalue weighted by Crippen LogP contribution is 2.25. The second-order valence-electron chi connectivity index (χ2n) is 6.62. The maximum absolute atomic E-state index is 13.1. The number of amides is 1. The van der Waals surface area contributed by atoms with Crippen molar-refractivity contribution in [3.8, 4) is 0 Å². The molecule has 0 radical (unpaired) electrons. The van der Waals surface area contributed by atoms with Crippen LogP contribution in [-0.4, -0.2) is 34.8 Å². The molecule has 27 heavy (non-hydrogen) atoms. The second kappa shape index (κ2) is 7.88. The third-order valence-electron chi connectivity index (χ3n) is 4.79. The lowest BCUT2D eigenvalue weighted by Gasteiger charge is -2.30. The fraction of sp³-hybridized carbons (Fsp3) is 0.286. The first-order chi connectivity index (χ1) is 13.2. The first-order valence-electron chi connectivity index (χ1n) is 9.10. The summed E-state index contributed by atoms with van der Waals surface area (Å²) in [5, 5.41) is 0. The molecule has 2 heterocycles. The highest BCUT2D eigenvalue weighted by molar-refractivity contribution is 7.16. The molecule has 3 aromatic rings. The standard InChI is InChI=1S/C21H20N2O3S/c24-20(23-11-5-2-6-12-23)19(15-7-3-1-4-8-15)26-21(25)16-9-10-17-18(13-16)27-14-22-17/h1,3-4,7-10,13-14,19H,2,5-6,11-12H2/t19-/m1/s1. The molecular formula is C21H20N2O3S. The smallest absolute Gasteiger partial charge is 0.339 e. The van der Waals surface area contributed by atoms with Crippen LogP contribution in [0.4, 0.5) is 0 Å². The Morgan fingerprint density at radius 2 is 1.81 bits per heavy atom. The van der Waals surface area contributed by atoms with E-state index in [0.29, 0.717) is 24.2 Å². The van der Waals surface area contributed by atoms with Gasteiger partial charge in [0.25, 0.3) is 5.91 Å². The minimum Gasteiger partial charge on any atom is -0.444 e. The zero-order valence-corrected chi connectivity index (χ0v) is 15.7. The van der Waals surface area contributed by atoms with E-state index in [1.54, 1.807) is 28.6 Å². The molecule has 1 aromatic heterocycles. The molecule has 138 valence electrons. The minimum atomic E-state index is -0.922. The Bertz CT molecular complexity index is 948. The van der Waals surface area contributed by atoms with Gasteiger partial charge in [-0.1, -0.05) is 30.3 Å². The molecule has 5 nitrogen and oxygen atoms in total. The predicted octanol–water partition coefficient (Wildman–Crippen LogP) is 4.21. The summed E-state index contributed by atoms with van der Waals surface area (Å²) < 4.78 is 6.64. The van der Waals surface area contributed by atoms with Gasteiger partial charge < -0.3 is 9.64 Å². The molecule has 0 N–H and O–H groups in total. The number of thiazole rings is 1. The van der Waals surface area contributed by atoms with Crippen LogP contribution in [0.3, 0.4) is 0 Å². The Labute approximate surface area is 161 Å². The number of hydrogen-bond acceptors (Lipinski definition) is 5. The number of carbonyl (C=O) groups excluding carboxylic acids is 2. The van der Waals surface area contributed by atoms with Crippen LogP contribution >= 0.6 is 11.3 Å². The minimum absolute atomic E-state index is 0.145. The lowest BCUT2D eigenvalue weighted by atomic mass is 10.1. The van der Waals surface area contributed by atoms with Crippen LogP contribution in [0, 0.1) is 0 Å². The Morgan fingerprint density at radius 1 is 1.04 bits per heavy atom. The van der Waals surface area contributed by atoms with Crippen LogP contribution in [0.5, 0.6) is 0 Å². The lowest BCUT2D eigenvalue weighted by Crippen LogP contribution is -2.40. The van der Waals surface area contributed by atoms with Crippen LogP contribution < -0.4 is 0 Å². The molecule has 2 aromatic carbocycles. The topological polar surface area (TPSA) is 59.5 Å². The van der Waals surface area contributed by atoms with Crippen LogP contribution in [-0.2, 0) is 9.53 Å². The predicted molar refractivity (Wildman–Crippen MR) is 105 cm³/mol. The number of fused-ring (bicyclic) bond motifs is 1. The Kier molecular flexibility index (Phi) is 5.16. The van der Waals surface area contributed by atoms with Gasteiger partial charge in [0.1, 0.15) is 0 Å². The van der Waals surface area contributed by atoms with Gasteiger partial charge in [-0.2, -0.15) is 0 Å². The van der Waals surface area contributed by atoms with Gasteiger partial charge in [0.15, 0.2) is 0 Å². The molecular weight excluding hydrogens is 360 g/mol. The molecule has 1 aliphatic heterocycles. The van der Waals surface area contributed by atoms with Crippen molar-refractivity contribution in [2.45, 2.75) is 25.4 Å². The first kappa shape index (κ1) is 17.7. The summed E-state index contributed by atoms with van der Waals surface area (Å²) in [4.78, 5) is 31.9. The molecule has 1 saturated heterocycles. The second-order valence-corrected chi connectivity index (χ2v) is 7.50. The van der Waals surface area contributed by atoms with Crippen LogP contribution in [0.15, 0.2) is 54.0 Å². The van der Waals surface area contributed by atoms with E-state index in [9.17, 15) is 9.59 Å². The number of likely N-dealkylation sites (tertiary alicyclic amines) is 1. The van der Waals surface area contributed by atoms with Crippen molar-refractivity contribution in [2.24, 2.45) is 0 Å². The summed E-state index contributed by atoms with van der Waals surface area (Å²) in [5.41, 5.74) is 3.71. The Balaban J connectivity index is 1.59. The Morgan fingerprint density at radius 3 is 2.59 bits per heavy atom. The highest BCUT2D eigenvalue weighted by atomic mass is 32.1. The molecule has 1 amide bonds. The number of rotatable bonds is 4. The molecule has 6 heteroatoms. The van der Waals surface area contributed by atoms with Crippen molar-refractivity contribution in [1.82, 2.24) is 9.88 Å². The summed E-state index contributed by atoms with van der Waals surface area (Å²) in [6, 6.07) is 14.5. The molecule has 1 atom stereocenters. The quantitative estimate of drug-likeness (QED) is 0.636. The number of benzene rings is 2. The summed E-state index contributed by atoms with van der Waals surface area (Å²) in [6.45, 7) is 1.43. The maximum Gasteiger partial charge on any atom is 0.339 e. The van der Waals surface area contributed by atoms with E-state index in [1.807, 2.05) is 30.3 Å².